The minimum absolute atomic E-state index is 0. The van der Waals surface area contributed by atoms with Crippen molar-refractivity contribution in [1.82, 2.24) is 0 Å². The molecule has 0 fully saturated rings. The molecule has 0 spiro atoms. The van der Waals surface area contributed by atoms with Crippen LogP contribution >= 0.6 is 24.0 Å². The van der Waals surface area contributed by atoms with Crippen molar-refractivity contribution in [1.29, 1.82) is 0 Å². The van der Waals surface area contributed by atoms with Gasteiger partial charge < -0.3 is 5.21 Å². The van der Waals surface area contributed by atoms with Gasteiger partial charge in [-0.05, 0) is 24.1 Å². The van der Waals surface area contributed by atoms with Crippen LogP contribution < -0.4 is 4.73 Å². The van der Waals surface area contributed by atoms with Crippen molar-refractivity contribution in [3.63, 3.8) is 0 Å². The molecule has 1 heterocycles. The van der Waals surface area contributed by atoms with Gasteiger partial charge in [0.05, 0.1) is 0 Å². The second kappa shape index (κ2) is 3.64. The zero-order chi connectivity index (χ0) is 6.85. The van der Waals surface area contributed by atoms with Crippen molar-refractivity contribution in [3.05, 3.63) is 34.3 Å². The van der Waals surface area contributed by atoms with E-state index in [9.17, 15) is 5.21 Å². The Morgan fingerprint density at radius 2 is 2.20 bits per heavy atom. The van der Waals surface area contributed by atoms with Gasteiger partial charge in [-0.2, -0.15) is 4.73 Å². The number of halogens is 2. The van der Waals surface area contributed by atoms with Gasteiger partial charge in [0.2, 0.25) is 0 Å². The van der Waals surface area contributed by atoms with Gasteiger partial charge in [-0.1, -0.05) is 0 Å². The number of aryl methyl sites for hydroxylation is 1. The fourth-order valence-corrected chi connectivity index (χ4v) is 0.785. The van der Waals surface area contributed by atoms with Crippen LogP contribution in [0.4, 0.5) is 0 Å². The lowest BCUT2D eigenvalue weighted by molar-refractivity contribution is -0.603. The predicted octanol–water partition coefficient (Wildman–Crippen LogP) is 1.70. The van der Waals surface area contributed by atoms with E-state index in [0.29, 0.717) is 4.73 Å². The lowest BCUT2D eigenvalue weighted by atomic mass is 10.3. The molecule has 0 saturated carbocycles. The highest BCUT2D eigenvalue weighted by Crippen LogP contribution is 2.02. The smallest absolute Gasteiger partial charge is 0.286 e. The number of hydrogen-bond acceptors (Lipinski definition) is 1. The summed E-state index contributed by atoms with van der Waals surface area (Å²) < 4.78 is 0.620. The van der Waals surface area contributed by atoms with Gasteiger partial charge in [-0.15, -0.1) is 12.4 Å². The maximum atomic E-state index is 10.6. The highest BCUT2D eigenvalue weighted by molar-refractivity contribution is 6.28. The van der Waals surface area contributed by atoms with E-state index in [0.717, 1.165) is 5.56 Å². The first kappa shape index (κ1) is 9.53. The molecule has 10 heavy (non-hydrogen) atoms. The Kier molecular flexibility index (Phi) is 3.47. The van der Waals surface area contributed by atoms with E-state index in [1.54, 1.807) is 12.1 Å². The van der Waals surface area contributed by atoms with Crippen LogP contribution in [-0.2, 0) is 0 Å². The zero-order valence-corrected chi connectivity index (χ0v) is 6.95. The normalized spacial score (nSPS) is 8.60. The molecule has 1 aromatic heterocycles. The van der Waals surface area contributed by atoms with Crippen molar-refractivity contribution in [2.75, 3.05) is 0 Å². The van der Waals surface area contributed by atoms with Gasteiger partial charge in [-0.25, -0.2) is 0 Å². The molecule has 0 aliphatic rings. The summed E-state index contributed by atoms with van der Waals surface area (Å²) in [5.74, 6) is 0. The molecule has 56 valence electrons. The molecule has 1 rings (SSSR count). The molecule has 2 nitrogen and oxygen atoms in total. The van der Waals surface area contributed by atoms with Crippen molar-refractivity contribution in [2.24, 2.45) is 0 Å². The van der Waals surface area contributed by atoms with Crippen molar-refractivity contribution >= 4 is 24.0 Å². The van der Waals surface area contributed by atoms with Crippen LogP contribution in [0.25, 0.3) is 0 Å². The Balaban J connectivity index is 0.000000810. The van der Waals surface area contributed by atoms with E-state index in [2.05, 4.69) is 0 Å². The molecule has 0 aromatic carbocycles. The molecule has 0 amide bonds. The molecule has 0 bridgehead atoms. The number of aromatic nitrogens is 1. The molecular formula is C6H7Cl2NO. The van der Waals surface area contributed by atoms with Gasteiger partial charge in [0.25, 0.3) is 5.15 Å². The highest BCUT2D eigenvalue weighted by atomic mass is 35.5. The Morgan fingerprint density at radius 3 is 2.60 bits per heavy atom. The second-order valence-electron chi connectivity index (χ2n) is 1.85. The summed E-state index contributed by atoms with van der Waals surface area (Å²) in [6.45, 7) is 1.88. The van der Waals surface area contributed by atoms with Crippen LogP contribution in [0.5, 0.6) is 0 Å². The third-order valence-corrected chi connectivity index (χ3v) is 1.31. The van der Waals surface area contributed by atoms with Crippen LogP contribution in [0.3, 0.4) is 0 Å². The fourth-order valence-electron chi connectivity index (χ4n) is 0.556. The minimum Gasteiger partial charge on any atom is -0.618 e. The number of hydrogen-bond donors (Lipinski definition) is 0. The van der Waals surface area contributed by atoms with Crippen molar-refractivity contribution < 1.29 is 4.73 Å². The van der Waals surface area contributed by atoms with E-state index in [1.165, 1.54) is 6.20 Å². The third kappa shape index (κ3) is 2.05. The Labute approximate surface area is 70.4 Å². The maximum Gasteiger partial charge on any atom is 0.286 e. The summed E-state index contributed by atoms with van der Waals surface area (Å²) in [5, 5.41) is 10.8. The van der Waals surface area contributed by atoms with Crippen LogP contribution in [-0.4, -0.2) is 0 Å². The van der Waals surface area contributed by atoms with Crippen LogP contribution in [0.2, 0.25) is 5.15 Å². The van der Waals surface area contributed by atoms with E-state index < -0.39 is 0 Å². The first-order valence-electron chi connectivity index (χ1n) is 2.55. The molecule has 0 saturated heterocycles. The average Bonchev–Trinajstić information content (AvgIpc) is 1.80. The van der Waals surface area contributed by atoms with E-state index in [1.807, 2.05) is 6.92 Å². The molecule has 0 N–H and O–H groups in total. The number of nitrogens with zero attached hydrogens (tertiary/aromatic N) is 1. The lowest BCUT2D eigenvalue weighted by Crippen LogP contribution is -2.26. The summed E-state index contributed by atoms with van der Waals surface area (Å²) in [5.41, 5.74) is 0.993. The molecule has 1 aromatic rings. The molecule has 0 aliphatic heterocycles. The van der Waals surface area contributed by atoms with E-state index in [-0.39, 0.29) is 17.6 Å². The lowest BCUT2D eigenvalue weighted by Gasteiger charge is -1.96. The monoisotopic (exact) mass is 179 g/mol. The molecule has 0 unspecified atom stereocenters. The van der Waals surface area contributed by atoms with Crippen molar-refractivity contribution in [2.45, 2.75) is 6.92 Å². The van der Waals surface area contributed by atoms with Crippen molar-refractivity contribution in [3.8, 4) is 0 Å². The average molecular weight is 180 g/mol. The predicted molar refractivity (Wildman–Crippen MR) is 42.4 cm³/mol. The van der Waals surface area contributed by atoms with Crippen LogP contribution in [0.15, 0.2) is 18.3 Å². The third-order valence-electron chi connectivity index (χ3n) is 1.03. The van der Waals surface area contributed by atoms with Gasteiger partial charge in [0, 0.05) is 12.1 Å². The molecule has 0 atom stereocenters. The minimum atomic E-state index is 0. The van der Waals surface area contributed by atoms with E-state index in [4.69, 9.17) is 11.6 Å². The summed E-state index contributed by atoms with van der Waals surface area (Å²) in [6, 6.07) is 3.33. The van der Waals surface area contributed by atoms with Gasteiger partial charge in [0.1, 0.15) is 0 Å². The Bertz CT molecular complexity index is 227. The van der Waals surface area contributed by atoms with E-state index >= 15 is 0 Å². The largest absolute Gasteiger partial charge is 0.618 e. The Morgan fingerprint density at radius 1 is 1.60 bits per heavy atom. The Hall–Kier alpha value is -0.470. The van der Waals surface area contributed by atoms with Gasteiger partial charge >= 0.3 is 0 Å². The second-order valence-corrected chi connectivity index (χ2v) is 2.24. The molecule has 4 heteroatoms. The first-order valence-corrected chi connectivity index (χ1v) is 2.93. The van der Waals surface area contributed by atoms with Crippen LogP contribution in [0, 0.1) is 12.1 Å². The van der Waals surface area contributed by atoms with Gasteiger partial charge in [-0.3, -0.25) is 0 Å². The topological polar surface area (TPSA) is 26.9 Å². The summed E-state index contributed by atoms with van der Waals surface area (Å²) in [4.78, 5) is 0. The maximum absolute atomic E-state index is 10.6. The number of rotatable bonds is 0. The van der Waals surface area contributed by atoms with Crippen LogP contribution in [0.1, 0.15) is 5.56 Å². The highest BCUT2D eigenvalue weighted by Gasteiger charge is 1.97. The quantitative estimate of drug-likeness (QED) is 0.339. The SMILES string of the molecule is Cc1cc[n+]([O-])c(Cl)c1.Cl. The summed E-state index contributed by atoms with van der Waals surface area (Å²) in [6.07, 6.45) is 1.39. The summed E-state index contributed by atoms with van der Waals surface area (Å²) >= 11 is 5.46. The van der Waals surface area contributed by atoms with Gasteiger partial charge in [0.15, 0.2) is 6.20 Å². The molecule has 0 aliphatic carbocycles. The molecular weight excluding hydrogens is 173 g/mol. The molecule has 0 radical (unpaired) electrons. The zero-order valence-electron chi connectivity index (χ0n) is 5.37. The number of pyridine rings is 1. The fraction of sp³-hybridized carbons (Fsp3) is 0.167. The summed E-state index contributed by atoms with van der Waals surface area (Å²) in [7, 11) is 0. The first-order chi connectivity index (χ1) is 4.20. The standard InChI is InChI=1S/C6H6ClNO.ClH/c1-5-2-3-8(9)6(7)4-5;/h2-4H,1H3;1H.